The number of piperazine rings is 1. The summed E-state index contributed by atoms with van der Waals surface area (Å²) in [5.41, 5.74) is 1.15. The molecule has 4 nitrogen and oxygen atoms in total. The average Bonchev–Trinajstić information content (AvgIpc) is 2.46. The molecular formula is C15H20N2O2. The van der Waals surface area contributed by atoms with E-state index in [9.17, 15) is 4.79 Å². The number of rotatable bonds is 1. The predicted octanol–water partition coefficient (Wildman–Crippen LogP) is 1.06. The van der Waals surface area contributed by atoms with E-state index in [-0.39, 0.29) is 17.9 Å². The first-order valence-electron chi connectivity index (χ1n) is 6.97. The van der Waals surface area contributed by atoms with Crippen molar-refractivity contribution in [1.82, 2.24) is 10.2 Å². The number of hydrogen-bond donors (Lipinski definition) is 1. The molecule has 1 saturated heterocycles. The van der Waals surface area contributed by atoms with Crippen molar-refractivity contribution in [1.29, 1.82) is 0 Å². The number of para-hydroxylation sites is 1. The number of nitrogens with zero attached hydrogens (tertiary/aromatic N) is 1. The molecule has 2 aliphatic heterocycles. The Labute approximate surface area is 113 Å². The first-order chi connectivity index (χ1) is 9.25. The molecule has 4 heteroatoms. The molecule has 1 N–H and O–H groups in total. The molecule has 1 aromatic carbocycles. The van der Waals surface area contributed by atoms with Gasteiger partial charge < -0.3 is 15.0 Å². The highest BCUT2D eigenvalue weighted by Gasteiger charge is 2.32. The fraction of sp³-hybridized carbons (Fsp3) is 0.533. The van der Waals surface area contributed by atoms with Crippen molar-refractivity contribution in [3.05, 3.63) is 29.8 Å². The van der Waals surface area contributed by atoms with Gasteiger partial charge in [0, 0.05) is 25.7 Å². The van der Waals surface area contributed by atoms with Crippen LogP contribution in [0.3, 0.4) is 0 Å². The van der Waals surface area contributed by atoms with Gasteiger partial charge in [-0.05, 0) is 25.0 Å². The van der Waals surface area contributed by atoms with Gasteiger partial charge in [0.15, 0.2) is 0 Å². The van der Waals surface area contributed by atoms with E-state index in [1.54, 1.807) is 0 Å². The zero-order valence-corrected chi connectivity index (χ0v) is 11.3. The third-order valence-electron chi connectivity index (χ3n) is 4.01. The summed E-state index contributed by atoms with van der Waals surface area (Å²) in [7, 11) is 0. The lowest BCUT2D eigenvalue weighted by molar-refractivity contribution is -0.139. The van der Waals surface area contributed by atoms with Crippen molar-refractivity contribution in [2.75, 3.05) is 26.2 Å². The Morgan fingerprint density at radius 2 is 2.26 bits per heavy atom. The maximum absolute atomic E-state index is 12.6. The molecule has 2 atom stereocenters. The lowest BCUT2D eigenvalue weighted by Crippen LogP contribution is -2.54. The van der Waals surface area contributed by atoms with Gasteiger partial charge in [-0.1, -0.05) is 18.2 Å². The van der Waals surface area contributed by atoms with E-state index >= 15 is 0 Å². The van der Waals surface area contributed by atoms with Crippen molar-refractivity contribution in [2.24, 2.45) is 5.92 Å². The Morgan fingerprint density at radius 3 is 3.11 bits per heavy atom. The molecular weight excluding hydrogens is 240 g/mol. The number of carbonyl (C=O) groups excluding carboxylic acids is 1. The molecule has 102 valence electrons. The van der Waals surface area contributed by atoms with Gasteiger partial charge in [0.25, 0.3) is 0 Å². The van der Waals surface area contributed by atoms with Crippen molar-refractivity contribution in [2.45, 2.75) is 19.4 Å². The highest BCUT2D eigenvalue weighted by atomic mass is 16.5. The summed E-state index contributed by atoms with van der Waals surface area (Å²) in [6, 6.07) is 8.28. The number of ether oxygens (including phenoxy) is 1. The third kappa shape index (κ3) is 2.45. The Balaban J connectivity index is 1.72. The highest BCUT2D eigenvalue weighted by Crippen LogP contribution is 2.28. The molecule has 19 heavy (non-hydrogen) atoms. The van der Waals surface area contributed by atoms with Crippen LogP contribution in [0, 0.1) is 5.92 Å². The van der Waals surface area contributed by atoms with Gasteiger partial charge >= 0.3 is 0 Å². The molecule has 0 saturated carbocycles. The molecule has 0 aromatic heterocycles. The molecule has 0 bridgehead atoms. The van der Waals surface area contributed by atoms with E-state index in [1.807, 2.05) is 23.1 Å². The zero-order valence-electron chi connectivity index (χ0n) is 11.3. The molecule has 2 aliphatic rings. The van der Waals surface area contributed by atoms with Gasteiger partial charge in [-0.25, -0.2) is 0 Å². The Bertz CT molecular complexity index is 475. The molecule has 0 radical (unpaired) electrons. The summed E-state index contributed by atoms with van der Waals surface area (Å²) >= 11 is 0. The SMILES string of the molecule is C[C@@H]1CNCCN1C(=O)C1COc2ccccc2C1. The van der Waals surface area contributed by atoms with Gasteiger partial charge in [0.1, 0.15) is 12.4 Å². The Hall–Kier alpha value is -1.55. The fourth-order valence-electron chi connectivity index (χ4n) is 2.89. The molecule has 1 unspecified atom stereocenters. The van der Waals surface area contributed by atoms with Crippen LogP contribution in [-0.2, 0) is 11.2 Å². The smallest absolute Gasteiger partial charge is 0.229 e. The van der Waals surface area contributed by atoms with E-state index < -0.39 is 0 Å². The minimum atomic E-state index is -0.0320. The highest BCUT2D eigenvalue weighted by molar-refractivity contribution is 5.80. The summed E-state index contributed by atoms with van der Waals surface area (Å²) in [6.07, 6.45) is 0.797. The van der Waals surface area contributed by atoms with Crippen LogP contribution in [0.1, 0.15) is 12.5 Å². The van der Waals surface area contributed by atoms with E-state index in [0.29, 0.717) is 6.61 Å². The second-order valence-electron chi connectivity index (χ2n) is 5.40. The van der Waals surface area contributed by atoms with Crippen LogP contribution in [0.2, 0.25) is 0 Å². The summed E-state index contributed by atoms with van der Waals surface area (Å²) in [5, 5.41) is 3.31. The van der Waals surface area contributed by atoms with Crippen LogP contribution in [-0.4, -0.2) is 43.1 Å². The van der Waals surface area contributed by atoms with Crippen LogP contribution < -0.4 is 10.1 Å². The molecule has 1 aromatic rings. The molecule has 0 aliphatic carbocycles. The topological polar surface area (TPSA) is 41.6 Å². The Kier molecular flexibility index (Phi) is 3.42. The van der Waals surface area contributed by atoms with Crippen LogP contribution in [0.5, 0.6) is 5.75 Å². The zero-order chi connectivity index (χ0) is 13.2. The first kappa shape index (κ1) is 12.5. The molecule has 2 heterocycles. The lowest BCUT2D eigenvalue weighted by atomic mass is 9.95. The minimum absolute atomic E-state index is 0.0320. The van der Waals surface area contributed by atoms with Crippen LogP contribution in [0.4, 0.5) is 0 Å². The van der Waals surface area contributed by atoms with Crippen LogP contribution >= 0.6 is 0 Å². The van der Waals surface area contributed by atoms with E-state index in [0.717, 1.165) is 37.4 Å². The lowest BCUT2D eigenvalue weighted by Gasteiger charge is -2.37. The van der Waals surface area contributed by atoms with E-state index in [2.05, 4.69) is 18.3 Å². The van der Waals surface area contributed by atoms with Crippen molar-refractivity contribution in [3.63, 3.8) is 0 Å². The van der Waals surface area contributed by atoms with Gasteiger partial charge in [-0.15, -0.1) is 0 Å². The number of amides is 1. The van der Waals surface area contributed by atoms with Crippen molar-refractivity contribution < 1.29 is 9.53 Å². The molecule has 1 amide bonds. The van der Waals surface area contributed by atoms with E-state index in [4.69, 9.17) is 4.74 Å². The number of fused-ring (bicyclic) bond motifs is 1. The maximum Gasteiger partial charge on any atom is 0.229 e. The number of carbonyl (C=O) groups is 1. The van der Waals surface area contributed by atoms with Gasteiger partial charge in [-0.2, -0.15) is 0 Å². The van der Waals surface area contributed by atoms with E-state index in [1.165, 1.54) is 0 Å². The van der Waals surface area contributed by atoms with Gasteiger partial charge in [0.05, 0.1) is 5.92 Å². The fourth-order valence-corrected chi connectivity index (χ4v) is 2.89. The van der Waals surface area contributed by atoms with Crippen LogP contribution in [0.15, 0.2) is 24.3 Å². The number of nitrogens with one attached hydrogen (secondary N) is 1. The predicted molar refractivity (Wildman–Crippen MR) is 73.2 cm³/mol. The third-order valence-corrected chi connectivity index (χ3v) is 4.01. The standard InChI is InChI=1S/C15H20N2O2/c1-11-9-16-6-7-17(11)15(18)13-8-12-4-2-3-5-14(12)19-10-13/h2-5,11,13,16H,6-10H2,1H3/t11-,13?/m1/s1. The average molecular weight is 260 g/mol. The van der Waals surface area contributed by atoms with Gasteiger partial charge in [0.2, 0.25) is 5.91 Å². The Morgan fingerprint density at radius 1 is 1.42 bits per heavy atom. The second-order valence-corrected chi connectivity index (χ2v) is 5.40. The number of hydrogen-bond acceptors (Lipinski definition) is 3. The second kappa shape index (κ2) is 5.21. The molecule has 1 fully saturated rings. The summed E-state index contributed by atoms with van der Waals surface area (Å²) in [6.45, 7) is 5.18. The van der Waals surface area contributed by atoms with Gasteiger partial charge in [-0.3, -0.25) is 4.79 Å². The van der Waals surface area contributed by atoms with Crippen molar-refractivity contribution >= 4 is 5.91 Å². The summed E-state index contributed by atoms with van der Waals surface area (Å²) < 4.78 is 5.72. The monoisotopic (exact) mass is 260 g/mol. The first-order valence-corrected chi connectivity index (χ1v) is 6.97. The normalized spacial score (nSPS) is 26.5. The summed E-state index contributed by atoms with van der Waals surface area (Å²) in [5.74, 6) is 1.14. The molecule has 3 rings (SSSR count). The molecule has 0 spiro atoms. The minimum Gasteiger partial charge on any atom is -0.492 e. The largest absolute Gasteiger partial charge is 0.492 e. The van der Waals surface area contributed by atoms with Crippen molar-refractivity contribution in [3.8, 4) is 5.75 Å². The number of benzene rings is 1. The van der Waals surface area contributed by atoms with Crippen LogP contribution in [0.25, 0.3) is 0 Å². The summed E-state index contributed by atoms with van der Waals surface area (Å²) in [4.78, 5) is 14.6. The maximum atomic E-state index is 12.6. The quantitative estimate of drug-likeness (QED) is 0.821.